The molecule has 0 aromatic heterocycles. The van der Waals surface area contributed by atoms with E-state index in [1.165, 1.54) is 4.90 Å². The van der Waals surface area contributed by atoms with E-state index in [2.05, 4.69) is 11.9 Å². The van der Waals surface area contributed by atoms with Crippen molar-refractivity contribution in [2.24, 2.45) is 5.92 Å². The van der Waals surface area contributed by atoms with Crippen molar-refractivity contribution in [3.8, 4) is 0 Å². The second-order valence-corrected chi connectivity index (χ2v) is 5.17. The highest BCUT2D eigenvalue weighted by Gasteiger charge is 2.30. The molecule has 0 aromatic carbocycles. The van der Waals surface area contributed by atoms with Gasteiger partial charge in [-0.3, -0.25) is 4.79 Å². The minimum atomic E-state index is -0.875. The fourth-order valence-electron chi connectivity index (χ4n) is 2.60. The quantitative estimate of drug-likeness (QED) is 0.724. The number of nitrogens with zero attached hydrogens (tertiary/aromatic N) is 3. The van der Waals surface area contributed by atoms with E-state index in [0.717, 1.165) is 26.2 Å². The minimum absolute atomic E-state index is 0.0176. The van der Waals surface area contributed by atoms with Crippen LogP contribution in [0.2, 0.25) is 0 Å². The third-order valence-corrected chi connectivity index (χ3v) is 3.93. The van der Waals surface area contributed by atoms with E-state index in [4.69, 9.17) is 5.11 Å². The summed E-state index contributed by atoms with van der Waals surface area (Å²) in [4.78, 5) is 28.6. The monoisotopic (exact) mass is 255 g/mol. The zero-order valence-corrected chi connectivity index (χ0v) is 10.8. The lowest BCUT2D eigenvalue weighted by atomic mass is 9.95. The van der Waals surface area contributed by atoms with Gasteiger partial charge in [-0.25, -0.2) is 4.79 Å². The minimum Gasteiger partial charge on any atom is -0.465 e. The number of likely N-dealkylation sites (N-methyl/N-ethyl adjacent to an activating group) is 1. The molecule has 0 radical (unpaired) electrons. The van der Waals surface area contributed by atoms with E-state index in [1.54, 1.807) is 0 Å². The Bertz CT molecular complexity index is 319. The van der Waals surface area contributed by atoms with Gasteiger partial charge in [0.1, 0.15) is 0 Å². The SMILES string of the molecule is CN1CCN(C(=O)C2CCN(C(=O)O)CC2)CC1. The van der Waals surface area contributed by atoms with E-state index in [0.29, 0.717) is 25.9 Å². The number of carbonyl (C=O) groups excluding carboxylic acids is 1. The van der Waals surface area contributed by atoms with Crippen LogP contribution < -0.4 is 0 Å². The van der Waals surface area contributed by atoms with Crippen molar-refractivity contribution in [3.63, 3.8) is 0 Å². The van der Waals surface area contributed by atoms with Crippen LogP contribution in [-0.2, 0) is 4.79 Å². The molecule has 2 amide bonds. The summed E-state index contributed by atoms with van der Waals surface area (Å²) in [5, 5.41) is 8.87. The second kappa shape index (κ2) is 5.56. The Morgan fingerprint density at radius 1 is 0.944 bits per heavy atom. The van der Waals surface area contributed by atoms with Gasteiger partial charge < -0.3 is 19.8 Å². The van der Waals surface area contributed by atoms with Crippen LogP contribution in [0.5, 0.6) is 0 Å². The summed E-state index contributed by atoms with van der Waals surface area (Å²) < 4.78 is 0. The van der Waals surface area contributed by atoms with Crippen molar-refractivity contribution < 1.29 is 14.7 Å². The van der Waals surface area contributed by atoms with Gasteiger partial charge in [-0.15, -0.1) is 0 Å². The molecule has 0 unspecified atom stereocenters. The lowest BCUT2D eigenvalue weighted by molar-refractivity contribution is -0.138. The first-order valence-corrected chi connectivity index (χ1v) is 6.53. The molecule has 0 spiro atoms. The highest BCUT2D eigenvalue weighted by atomic mass is 16.4. The molecule has 0 bridgehead atoms. The summed E-state index contributed by atoms with van der Waals surface area (Å²) in [6.45, 7) is 4.43. The van der Waals surface area contributed by atoms with Gasteiger partial charge >= 0.3 is 6.09 Å². The molecule has 2 rings (SSSR count). The van der Waals surface area contributed by atoms with Crippen molar-refractivity contribution in [2.75, 3.05) is 46.3 Å². The van der Waals surface area contributed by atoms with E-state index in [1.807, 2.05) is 4.90 Å². The summed E-state index contributed by atoms with van der Waals surface area (Å²) in [5.41, 5.74) is 0. The third-order valence-electron chi connectivity index (χ3n) is 3.93. The van der Waals surface area contributed by atoms with Gasteiger partial charge in [0.05, 0.1) is 0 Å². The molecular formula is C12H21N3O3. The first-order chi connectivity index (χ1) is 8.58. The lowest BCUT2D eigenvalue weighted by Gasteiger charge is -2.37. The van der Waals surface area contributed by atoms with Crippen molar-refractivity contribution in [1.29, 1.82) is 0 Å². The van der Waals surface area contributed by atoms with Crippen LogP contribution in [-0.4, -0.2) is 78.1 Å². The van der Waals surface area contributed by atoms with Crippen LogP contribution >= 0.6 is 0 Å². The predicted molar refractivity (Wildman–Crippen MR) is 66.4 cm³/mol. The van der Waals surface area contributed by atoms with E-state index in [9.17, 15) is 9.59 Å². The smallest absolute Gasteiger partial charge is 0.407 e. The van der Waals surface area contributed by atoms with Crippen molar-refractivity contribution in [3.05, 3.63) is 0 Å². The summed E-state index contributed by atoms with van der Waals surface area (Å²) >= 11 is 0. The molecular weight excluding hydrogens is 234 g/mol. The first-order valence-electron chi connectivity index (χ1n) is 6.53. The molecule has 2 aliphatic heterocycles. The average Bonchev–Trinajstić information content (AvgIpc) is 2.39. The van der Waals surface area contributed by atoms with Gasteiger partial charge in [-0.05, 0) is 19.9 Å². The molecule has 0 atom stereocenters. The molecule has 102 valence electrons. The Balaban J connectivity index is 1.82. The molecule has 2 fully saturated rings. The second-order valence-electron chi connectivity index (χ2n) is 5.17. The zero-order valence-electron chi connectivity index (χ0n) is 10.8. The molecule has 0 aliphatic carbocycles. The van der Waals surface area contributed by atoms with Gasteiger partial charge in [0.2, 0.25) is 5.91 Å². The molecule has 2 saturated heterocycles. The van der Waals surface area contributed by atoms with Crippen molar-refractivity contribution in [2.45, 2.75) is 12.8 Å². The first kappa shape index (κ1) is 13.1. The number of carboxylic acid groups (broad SMARTS) is 1. The number of piperazine rings is 1. The highest BCUT2D eigenvalue weighted by molar-refractivity contribution is 5.79. The predicted octanol–water partition coefficient (Wildman–Crippen LogP) is 0.150. The molecule has 6 heteroatoms. The number of rotatable bonds is 1. The third kappa shape index (κ3) is 2.93. The highest BCUT2D eigenvalue weighted by Crippen LogP contribution is 2.20. The van der Waals surface area contributed by atoms with Gasteiger partial charge in [-0.2, -0.15) is 0 Å². The summed E-state index contributed by atoms with van der Waals surface area (Å²) in [6, 6.07) is 0. The van der Waals surface area contributed by atoms with Crippen LogP contribution in [0.1, 0.15) is 12.8 Å². The standard InChI is InChI=1S/C12H21N3O3/c1-13-6-8-14(9-7-13)11(16)10-2-4-15(5-3-10)12(17)18/h10H,2-9H2,1H3,(H,17,18). The van der Waals surface area contributed by atoms with Crippen LogP contribution in [0.3, 0.4) is 0 Å². The summed E-state index contributed by atoms with van der Waals surface area (Å²) in [7, 11) is 2.06. The van der Waals surface area contributed by atoms with Crippen molar-refractivity contribution >= 4 is 12.0 Å². The number of piperidine rings is 1. The molecule has 0 saturated carbocycles. The van der Waals surface area contributed by atoms with E-state index < -0.39 is 6.09 Å². The lowest BCUT2D eigenvalue weighted by Crippen LogP contribution is -2.50. The fraction of sp³-hybridized carbons (Fsp3) is 0.833. The molecule has 6 nitrogen and oxygen atoms in total. The van der Waals surface area contributed by atoms with E-state index >= 15 is 0 Å². The molecule has 2 aliphatic rings. The average molecular weight is 255 g/mol. The molecule has 18 heavy (non-hydrogen) atoms. The molecule has 1 N–H and O–H groups in total. The zero-order chi connectivity index (χ0) is 13.1. The van der Waals surface area contributed by atoms with Gasteiger partial charge in [0.15, 0.2) is 0 Å². The topological polar surface area (TPSA) is 64.1 Å². The largest absolute Gasteiger partial charge is 0.465 e. The maximum atomic E-state index is 12.3. The Hall–Kier alpha value is -1.30. The van der Waals surface area contributed by atoms with Crippen LogP contribution in [0, 0.1) is 5.92 Å². The number of amides is 2. The maximum Gasteiger partial charge on any atom is 0.407 e. The molecule has 0 aromatic rings. The number of hydrogen-bond donors (Lipinski definition) is 1. The Morgan fingerprint density at radius 3 is 2.00 bits per heavy atom. The maximum absolute atomic E-state index is 12.3. The summed E-state index contributed by atoms with van der Waals surface area (Å²) in [6.07, 6.45) is 0.454. The molecule has 2 heterocycles. The van der Waals surface area contributed by atoms with E-state index in [-0.39, 0.29) is 11.8 Å². The van der Waals surface area contributed by atoms with Crippen LogP contribution in [0.4, 0.5) is 4.79 Å². The normalized spacial score (nSPS) is 23.2. The summed E-state index contributed by atoms with van der Waals surface area (Å²) in [5.74, 6) is 0.233. The van der Waals surface area contributed by atoms with Crippen LogP contribution in [0.25, 0.3) is 0 Å². The van der Waals surface area contributed by atoms with Crippen LogP contribution in [0.15, 0.2) is 0 Å². The van der Waals surface area contributed by atoms with Gasteiger partial charge in [0, 0.05) is 45.2 Å². The fourth-order valence-corrected chi connectivity index (χ4v) is 2.60. The Kier molecular flexibility index (Phi) is 4.06. The number of carbonyl (C=O) groups is 2. The Labute approximate surface area is 107 Å². The van der Waals surface area contributed by atoms with Crippen molar-refractivity contribution in [1.82, 2.24) is 14.7 Å². The van der Waals surface area contributed by atoms with Gasteiger partial charge in [-0.1, -0.05) is 0 Å². The van der Waals surface area contributed by atoms with Gasteiger partial charge in [0.25, 0.3) is 0 Å². The number of likely N-dealkylation sites (tertiary alicyclic amines) is 1. The Morgan fingerprint density at radius 2 is 1.50 bits per heavy atom. The number of hydrogen-bond acceptors (Lipinski definition) is 3.